The number of fused-ring (bicyclic) bond motifs is 2. The van der Waals surface area contributed by atoms with Gasteiger partial charge in [-0.25, -0.2) is 4.98 Å². The van der Waals surface area contributed by atoms with E-state index in [1.165, 1.54) is 29.5 Å². The Hall–Kier alpha value is -2.71. The molecule has 2 saturated heterocycles. The van der Waals surface area contributed by atoms with Crippen LogP contribution in [-0.2, 0) is 29.0 Å². The Bertz CT molecular complexity index is 1100. The van der Waals surface area contributed by atoms with Crippen molar-refractivity contribution in [3.63, 3.8) is 0 Å². The van der Waals surface area contributed by atoms with Crippen molar-refractivity contribution in [2.24, 2.45) is 5.41 Å². The van der Waals surface area contributed by atoms with Crippen molar-refractivity contribution in [1.29, 1.82) is 0 Å². The Morgan fingerprint density at radius 1 is 1.09 bits per heavy atom. The standard InChI is InChI=1S/C24H30N6O2/c1-6-24(7-2-9-32-15-24)14-30(8-1)22-20-21(27-16-26-20)28-23(29-22)25-12-17-3-4-19-13-31-10-5-18(19)11-17/h3-4,11,16H,1-2,5-10,12-15H2,(H2,25,26,27,28,29). The van der Waals surface area contributed by atoms with Crippen molar-refractivity contribution in [3.05, 3.63) is 41.2 Å². The van der Waals surface area contributed by atoms with Gasteiger partial charge in [0.2, 0.25) is 5.95 Å². The summed E-state index contributed by atoms with van der Waals surface area (Å²) in [7, 11) is 0. The molecular weight excluding hydrogens is 404 g/mol. The van der Waals surface area contributed by atoms with Crippen molar-refractivity contribution < 1.29 is 9.47 Å². The largest absolute Gasteiger partial charge is 0.381 e. The lowest BCUT2D eigenvalue weighted by Crippen LogP contribution is -2.48. The summed E-state index contributed by atoms with van der Waals surface area (Å²) in [6.07, 6.45) is 7.46. The highest BCUT2D eigenvalue weighted by molar-refractivity contribution is 5.84. The maximum absolute atomic E-state index is 5.87. The molecule has 3 aliphatic rings. The number of aromatic amines is 1. The van der Waals surface area contributed by atoms with E-state index in [4.69, 9.17) is 14.5 Å². The minimum Gasteiger partial charge on any atom is -0.381 e. The van der Waals surface area contributed by atoms with Crippen LogP contribution >= 0.6 is 0 Å². The molecule has 3 aromatic rings. The van der Waals surface area contributed by atoms with Gasteiger partial charge in [0.1, 0.15) is 5.52 Å². The van der Waals surface area contributed by atoms with Gasteiger partial charge in [0, 0.05) is 31.7 Å². The average Bonchev–Trinajstić information content (AvgIpc) is 3.31. The summed E-state index contributed by atoms with van der Waals surface area (Å²) in [5.74, 6) is 1.57. The molecule has 2 fully saturated rings. The van der Waals surface area contributed by atoms with Crippen LogP contribution < -0.4 is 10.2 Å². The van der Waals surface area contributed by atoms with Gasteiger partial charge in [-0.3, -0.25) is 0 Å². The van der Waals surface area contributed by atoms with Crippen LogP contribution in [-0.4, -0.2) is 52.8 Å². The number of nitrogens with zero attached hydrogens (tertiary/aromatic N) is 4. The Kier molecular flexibility index (Phi) is 5.19. The summed E-state index contributed by atoms with van der Waals surface area (Å²) in [5.41, 5.74) is 5.77. The first-order valence-corrected chi connectivity index (χ1v) is 11.7. The van der Waals surface area contributed by atoms with E-state index in [9.17, 15) is 0 Å². The Morgan fingerprint density at radius 2 is 2.06 bits per heavy atom. The van der Waals surface area contributed by atoms with Gasteiger partial charge in [-0.1, -0.05) is 18.2 Å². The second-order valence-corrected chi connectivity index (χ2v) is 9.41. The summed E-state index contributed by atoms with van der Waals surface area (Å²) in [6, 6.07) is 6.61. The molecule has 6 rings (SSSR count). The Labute approximate surface area is 187 Å². The van der Waals surface area contributed by atoms with E-state index in [0.29, 0.717) is 24.7 Å². The zero-order valence-electron chi connectivity index (χ0n) is 18.4. The molecule has 0 radical (unpaired) electrons. The second kappa shape index (κ2) is 8.33. The van der Waals surface area contributed by atoms with E-state index in [0.717, 1.165) is 63.5 Å². The highest BCUT2D eigenvalue weighted by atomic mass is 16.5. The predicted octanol–water partition coefficient (Wildman–Crippen LogP) is 3.43. The fraction of sp³-hybridized carbons (Fsp3) is 0.542. The molecule has 0 saturated carbocycles. The number of rotatable bonds is 4. The molecule has 1 atom stereocenters. The monoisotopic (exact) mass is 434 g/mol. The molecule has 2 aromatic heterocycles. The van der Waals surface area contributed by atoms with Crippen LogP contribution in [0.3, 0.4) is 0 Å². The van der Waals surface area contributed by atoms with Gasteiger partial charge in [-0.05, 0) is 48.8 Å². The molecular formula is C24H30N6O2. The first kappa shape index (κ1) is 19.9. The first-order valence-electron chi connectivity index (χ1n) is 11.7. The number of benzene rings is 1. The van der Waals surface area contributed by atoms with Crippen molar-refractivity contribution in [1.82, 2.24) is 19.9 Å². The number of aromatic nitrogens is 4. The van der Waals surface area contributed by atoms with Crippen LogP contribution in [0.25, 0.3) is 11.2 Å². The van der Waals surface area contributed by atoms with Crippen LogP contribution in [0.1, 0.15) is 42.4 Å². The number of imidazole rings is 1. The van der Waals surface area contributed by atoms with Crippen molar-refractivity contribution in [2.75, 3.05) is 43.1 Å². The summed E-state index contributed by atoms with van der Waals surface area (Å²) in [5, 5.41) is 3.44. The van der Waals surface area contributed by atoms with Gasteiger partial charge < -0.3 is 24.7 Å². The van der Waals surface area contributed by atoms with Crippen LogP contribution in [0.15, 0.2) is 24.5 Å². The topological polar surface area (TPSA) is 88.2 Å². The number of piperidine rings is 1. The smallest absolute Gasteiger partial charge is 0.227 e. The van der Waals surface area contributed by atoms with Crippen LogP contribution in [0.4, 0.5) is 11.8 Å². The maximum atomic E-state index is 5.87. The molecule has 8 heteroatoms. The minimum atomic E-state index is 0.244. The summed E-state index contributed by atoms with van der Waals surface area (Å²) < 4.78 is 11.4. The fourth-order valence-corrected chi connectivity index (χ4v) is 5.45. The van der Waals surface area contributed by atoms with Gasteiger partial charge >= 0.3 is 0 Å². The van der Waals surface area contributed by atoms with Gasteiger partial charge in [0.25, 0.3) is 0 Å². The van der Waals surface area contributed by atoms with E-state index >= 15 is 0 Å². The van der Waals surface area contributed by atoms with E-state index < -0.39 is 0 Å². The lowest BCUT2D eigenvalue weighted by atomic mass is 9.76. The van der Waals surface area contributed by atoms with Gasteiger partial charge in [-0.15, -0.1) is 0 Å². The second-order valence-electron chi connectivity index (χ2n) is 9.41. The SMILES string of the molecule is c1nc2nc(NCc3ccc4c(c3)CCOC4)nc(N3CCCC4(CCCOC4)C3)c2[nH]1. The third kappa shape index (κ3) is 3.82. The predicted molar refractivity (Wildman–Crippen MR) is 123 cm³/mol. The van der Waals surface area contributed by atoms with E-state index in [-0.39, 0.29) is 5.41 Å². The lowest BCUT2D eigenvalue weighted by Gasteiger charge is -2.45. The average molecular weight is 435 g/mol. The highest BCUT2D eigenvalue weighted by Gasteiger charge is 2.38. The van der Waals surface area contributed by atoms with E-state index in [2.05, 4.69) is 43.4 Å². The van der Waals surface area contributed by atoms with E-state index in [1.54, 1.807) is 6.33 Å². The number of H-pyrrole nitrogens is 1. The number of hydrogen-bond donors (Lipinski definition) is 2. The van der Waals surface area contributed by atoms with Crippen molar-refractivity contribution >= 4 is 22.9 Å². The Morgan fingerprint density at radius 3 is 3.00 bits per heavy atom. The zero-order chi connectivity index (χ0) is 21.4. The van der Waals surface area contributed by atoms with Gasteiger partial charge in [0.05, 0.1) is 26.1 Å². The highest BCUT2D eigenvalue weighted by Crippen LogP contribution is 2.39. The number of hydrogen-bond acceptors (Lipinski definition) is 7. The molecule has 5 heterocycles. The van der Waals surface area contributed by atoms with Crippen LogP contribution in [0.2, 0.25) is 0 Å². The molecule has 1 aromatic carbocycles. The molecule has 0 aliphatic carbocycles. The zero-order valence-corrected chi connectivity index (χ0v) is 18.4. The quantitative estimate of drug-likeness (QED) is 0.650. The summed E-state index contributed by atoms with van der Waals surface area (Å²) >= 11 is 0. The third-order valence-corrected chi connectivity index (χ3v) is 7.13. The van der Waals surface area contributed by atoms with Crippen molar-refractivity contribution in [3.8, 4) is 0 Å². The minimum absolute atomic E-state index is 0.244. The molecule has 3 aliphatic heterocycles. The van der Waals surface area contributed by atoms with Crippen molar-refractivity contribution in [2.45, 2.75) is 45.3 Å². The normalized spacial score (nSPS) is 23.4. The lowest BCUT2D eigenvalue weighted by molar-refractivity contribution is -0.0150. The summed E-state index contributed by atoms with van der Waals surface area (Å²) in [4.78, 5) is 19.7. The molecule has 0 bridgehead atoms. The molecule has 1 spiro atoms. The van der Waals surface area contributed by atoms with Crippen LogP contribution in [0, 0.1) is 5.41 Å². The summed E-state index contributed by atoms with van der Waals surface area (Å²) in [6.45, 7) is 5.92. The molecule has 2 N–H and O–H groups in total. The molecule has 8 nitrogen and oxygen atoms in total. The van der Waals surface area contributed by atoms with Crippen LogP contribution in [0.5, 0.6) is 0 Å². The number of ether oxygens (including phenoxy) is 2. The Balaban J connectivity index is 1.24. The number of anilines is 2. The fourth-order valence-electron chi connectivity index (χ4n) is 5.45. The molecule has 32 heavy (non-hydrogen) atoms. The van der Waals surface area contributed by atoms with E-state index in [1.807, 2.05) is 0 Å². The van der Waals surface area contributed by atoms with Gasteiger partial charge in [-0.2, -0.15) is 9.97 Å². The molecule has 1 unspecified atom stereocenters. The molecule has 168 valence electrons. The van der Waals surface area contributed by atoms with Gasteiger partial charge in [0.15, 0.2) is 11.5 Å². The molecule has 0 amide bonds. The third-order valence-electron chi connectivity index (χ3n) is 7.13. The number of nitrogens with one attached hydrogen (secondary N) is 2. The maximum Gasteiger partial charge on any atom is 0.227 e. The first-order chi connectivity index (χ1) is 15.8.